The summed E-state index contributed by atoms with van der Waals surface area (Å²) >= 11 is 0. The van der Waals surface area contributed by atoms with Crippen molar-refractivity contribution >= 4 is 12.4 Å². The van der Waals surface area contributed by atoms with Crippen molar-refractivity contribution in [3.05, 3.63) is 6.42 Å². The molecule has 0 N–H and O–H groups in total. The molecule has 0 heterocycles. The van der Waals surface area contributed by atoms with E-state index >= 15 is 0 Å². The summed E-state index contributed by atoms with van der Waals surface area (Å²) in [5, 5.41) is 0. The highest BCUT2D eigenvalue weighted by atomic mass is 35.5. The van der Waals surface area contributed by atoms with Crippen LogP contribution in [0.5, 0.6) is 0 Å². The minimum absolute atomic E-state index is 0. The van der Waals surface area contributed by atoms with Crippen molar-refractivity contribution in [1.82, 2.24) is 0 Å². The number of hydrogen-bond donors (Lipinski definition) is 0. The zero-order valence-corrected chi connectivity index (χ0v) is 3.22. The maximum atomic E-state index is 2.25. The first kappa shape index (κ1) is 4.29. The van der Waals surface area contributed by atoms with Gasteiger partial charge in [0.25, 0.3) is 0 Å². The third-order valence-corrected chi connectivity index (χ3v) is 0.289. The highest BCUT2D eigenvalue weighted by Gasteiger charge is 1.95. The average Bonchev–Trinajstić information content (AvgIpc) is 1.46. The van der Waals surface area contributed by atoms with Gasteiger partial charge in [0, 0.05) is 0 Å². The molecule has 0 saturated heterocycles. The molecule has 0 bridgehead atoms. The topological polar surface area (TPSA) is 0 Å². The van der Waals surface area contributed by atoms with Crippen LogP contribution in [0.25, 0.3) is 0 Å². The van der Waals surface area contributed by atoms with E-state index in [-0.39, 0.29) is 12.4 Å². The number of rotatable bonds is 0. The quantitative estimate of drug-likeness (QED) is 0.410. The Morgan fingerprint density at radius 1 is 1.25 bits per heavy atom. The molecule has 1 saturated carbocycles. The molecular weight excluding hydrogens is 71.5 g/mol. The van der Waals surface area contributed by atoms with Crippen molar-refractivity contribution in [3.8, 4) is 0 Å². The largest absolute Gasteiger partial charge is 0.147 e. The van der Waals surface area contributed by atoms with Crippen molar-refractivity contribution in [2.45, 2.75) is 12.8 Å². The van der Waals surface area contributed by atoms with Crippen LogP contribution in [0.3, 0.4) is 0 Å². The maximum Gasteiger partial charge on any atom is -0.0386 e. The van der Waals surface area contributed by atoms with Gasteiger partial charge in [-0.1, -0.05) is 0 Å². The van der Waals surface area contributed by atoms with Crippen molar-refractivity contribution in [2.75, 3.05) is 0 Å². The van der Waals surface area contributed by atoms with Crippen molar-refractivity contribution in [1.29, 1.82) is 0 Å². The van der Waals surface area contributed by atoms with Crippen molar-refractivity contribution in [2.24, 2.45) is 0 Å². The van der Waals surface area contributed by atoms with Gasteiger partial charge in [0.2, 0.25) is 0 Å². The smallest absolute Gasteiger partial charge is 0.0386 e. The highest BCUT2D eigenvalue weighted by Crippen LogP contribution is 2.12. The van der Waals surface area contributed by atoms with Gasteiger partial charge in [0.1, 0.15) is 0 Å². The van der Waals surface area contributed by atoms with Gasteiger partial charge in [-0.15, -0.1) is 12.4 Å². The van der Waals surface area contributed by atoms with Gasteiger partial charge >= 0.3 is 0 Å². The fraction of sp³-hybridized carbons (Fsp3) is 0.667. The predicted molar refractivity (Wildman–Crippen MR) is 20.8 cm³/mol. The normalized spacial score (nSPS) is 18.0. The lowest BCUT2D eigenvalue weighted by molar-refractivity contribution is 1.50. The SMILES string of the molecule is Cl.[CH]1CC1. The summed E-state index contributed by atoms with van der Waals surface area (Å²) in [6.07, 6.45) is 5.00. The van der Waals surface area contributed by atoms with Crippen LogP contribution in [0.4, 0.5) is 0 Å². The van der Waals surface area contributed by atoms with E-state index < -0.39 is 0 Å². The molecule has 1 heteroatoms. The molecule has 0 aromatic heterocycles. The zero-order valence-electron chi connectivity index (χ0n) is 2.40. The van der Waals surface area contributed by atoms with Crippen LogP contribution in [0, 0.1) is 6.42 Å². The molecule has 25 valence electrons. The van der Waals surface area contributed by atoms with Crippen LogP contribution in [-0.4, -0.2) is 0 Å². The molecule has 1 aliphatic carbocycles. The van der Waals surface area contributed by atoms with E-state index in [1.165, 1.54) is 12.8 Å². The Hall–Kier alpha value is 0.290. The van der Waals surface area contributed by atoms with Gasteiger partial charge in [-0.25, -0.2) is 0 Å². The predicted octanol–water partition coefficient (Wildman–Crippen LogP) is 1.41. The van der Waals surface area contributed by atoms with Crippen LogP contribution >= 0.6 is 12.4 Å². The molecule has 0 aromatic carbocycles. The van der Waals surface area contributed by atoms with Gasteiger partial charge < -0.3 is 0 Å². The van der Waals surface area contributed by atoms with Crippen LogP contribution in [-0.2, 0) is 0 Å². The minimum atomic E-state index is 0. The Morgan fingerprint density at radius 2 is 1.50 bits per heavy atom. The first-order valence-corrected chi connectivity index (χ1v) is 1.32. The summed E-state index contributed by atoms with van der Waals surface area (Å²) in [4.78, 5) is 0. The summed E-state index contributed by atoms with van der Waals surface area (Å²) in [5.74, 6) is 0. The lowest BCUT2D eigenvalue weighted by atomic mass is 11.0. The molecule has 0 aliphatic heterocycles. The molecular formula is C3H6Cl. The molecule has 4 heavy (non-hydrogen) atoms. The summed E-state index contributed by atoms with van der Waals surface area (Å²) in [6.45, 7) is 0. The van der Waals surface area contributed by atoms with E-state index in [9.17, 15) is 0 Å². The van der Waals surface area contributed by atoms with E-state index in [0.29, 0.717) is 0 Å². The molecule has 1 aliphatic rings. The first-order chi connectivity index (χ1) is 1.50. The molecule has 0 spiro atoms. The zero-order chi connectivity index (χ0) is 2.12. The molecule has 0 nitrogen and oxygen atoms in total. The third-order valence-electron chi connectivity index (χ3n) is 0.289. The minimum Gasteiger partial charge on any atom is -0.147 e. The molecule has 1 radical (unpaired) electrons. The molecule has 0 amide bonds. The van der Waals surface area contributed by atoms with Gasteiger partial charge in [-0.05, 0) is 19.3 Å². The fourth-order valence-electron chi connectivity index (χ4n) is 0. The summed E-state index contributed by atoms with van der Waals surface area (Å²) in [5.41, 5.74) is 0. The van der Waals surface area contributed by atoms with Gasteiger partial charge in [-0.2, -0.15) is 0 Å². The standard InChI is InChI=1S/C3H5.ClH/c1-2-3-1;/h1H,2-3H2;1H. The molecule has 0 unspecified atom stereocenters. The first-order valence-electron chi connectivity index (χ1n) is 1.32. The Morgan fingerprint density at radius 3 is 1.50 bits per heavy atom. The van der Waals surface area contributed by atoms with Crippen LogP contribution < -0.4 is 0 Å². The lowest BCUT2D eigenvalue weighted by Gasteiger charge is -1.05. The van der Waals surface area contributed by atoms with E-state index in [1.807, 2.05) is 0 Å². The van der Waals surface area contributed by atoms with Crippen LogP contribution in [0.15, 0.2) is 0 Å². The Bertz CT molecular complexity index is 8.00. The summed E-state index contributed by atoms with van der Waals surface area (Å²) < 4.78 is 0. The van der Waals surface area contributed by atoms with E-state index in [0.717, 1.165) is 0 Å². The second-order valence-electron chi connectivity index (χ2n) is 0.866. The summed E-state index contributed by atoms with van der Waals surface area (Å²) in [6, 6.07) is 0. The Balaban J connectivity index is 0.0000000900. The Labute approximate surface area is 32.6 Å². The second kappa shape index (κ2) is 1.59. The van der Waals surface area contributed by atoms with Crippen LogP contribution in [0.2, 0.25) is 0 Å². The monoisotopic (exact) mass is 77.0 g/mol. The third kappa shape index (κ3) is 2.29. The van der Waals surface area contributed by atoms with Crippen LogP contribution in [0.1, 0.15) is 12.8 Å². The molecule has 1 rings (SSSR count). The van der Waals surface area contributed by atoms with Gasteiger partial charge in [0.15, 0.2) is 0 Å². The average molecular weight is 77.5 g/mol. The van der Waals surface area contributed by atoms with Gasteiger partial charge in [0.05, 0.1) is 0 Å². The van der Waals surface area contributed by atoms with E-state index in [2.05, 4.69) is 6.42 Å². The molecule has 0 atom stereocenters. The highest BCUT2D eigenvalue weighted by molar-refractivity contribution is 5.85. The van der Waals surface area contributed by atoms with Crippen molar-refractivity contribution in [3.63, 3.8) is 0 Å². The number of halogens is 1. The Kier molecular flexibility index (Phi) is 1.71. The van der Waals surface area contributed by atoms with E-state index in [1.54, 1.807) is 0 Å². The molecule has 1 fully saturated rings. The lowest BCUT2D eigenvalue weighted by Crippen LogP contribution is -0.898. The fourth-order valence-corrected chi connectivity index (χ4v) is 0. The summed E-state index contributed by atoms with van der Waals surface area (Å²) in [7, 11) is 0. The van der Waals surface area contributed by atoms with Crippen molar-refractivity contribution < 1.29 is 0 Å². The molecule has 0 aromatic rings. The van der Waals surface area contributed by atoms with E-state index in [4.69, 9.17) is 0 Å². The second-order valence-corrected chi connectivity index (χ2v) is 0.866. The number of hydrogen-bond acceptors (Lipinski definition) is 0. The van der Waals surface area contributed by atoms with Gasteiger partial charge in [-0.3, -0.25) is 0 Å². The maximum absolute atomic E-state index is 2.25.